The Morgan fingerprint density at radius 3 is 2.46 bits per heavy atom. The standard InChI is InChI=1S/C21H27N3O3S/c1-15-6-7-17(12-16(15)2)20-13-19(21(25)23-9-4-3-5-10-23)22-24(20)18-8-11-28(26,27)14-18/h6-7,12-13,18H,3-5,8-11,14H2,1-2H3/t18-/m1/s1. The first-order valence-corrected chi connectivity index (χ1v) is 11.8. The van der Waals surface area contributed by atoms with Gasteiger partial charge in [-0.25, -0.2) is 8.42 Å². The molecular formula is C21H27N3O3S. The summed E-state index contributed by atoms with van der Waals surface area (Å²) < 4.78 is 25.8. The van der Waals surface area contributed by atoms with Crippen molar-refractivity contribution in [2.24, 2.45) is 0 Å². The van der Waals surface area contributed by atoms with Gasteiger partial charge in [-0.1, -0.05) is 12.1 Å². The molecule has 2 aliphatic rings. The molecule has 0 spiro atoms. The molecule has 2 aromatic rings. The third kappa shape index (κ3) is 3.72. The molecule has 2 fully saturated rings. The Kier molecular flexibility index (Phi) is 5.04. The van der Waals surface area contributed by atoms with E-state index >= 15 is 0 Å². The summed E-state index contributed by atoms with van der Waals surface area (Å²) in [6, 6.07) is 7.78. The lowest BCUT2D eigenvalue weighted by Gasteiger charge is -2.25. The Balaban J connectivity index is 1.75. The lowest BCUT2D eigenvalue weighted by molar-refractivity contribution is 0.0717. The number of benzene rings is 1. The van der Waals surface area contributed by atoms with Gasteiger partial charge < -0.3 is 4.90 Å². The van der Waals surface area contributed by atoms with Crippen molar-refractivity contribution in [3.63, 3.8) is 0 Å². The normalized spacial score (nSPS) is 21.8. The first-order chi connectivity index (χ1) is 13.3. The van der Waals surface area contributed by atoms with Gasteiger partial charge in [0.15, 0.2) is 15.5 Å². The number of carbonyl (C=O) groups is 1. The fourth-order valence-electron chi connectivity index (χ4n) is 4.12. The molecule has 1 aromatic carbocycles. The van der Waals surface area contributed by atoms with Crippen LogP contribution >= 0.6 is 0 Å². The number of piperidine rings is 1. The number of rotatable bonds is 3. The predicted octanol–water partition coefficient (Wildman–Crippen LogP) is 3.15. The maximum atomic E-state index is 13.0. The first-order valence-electron chi connectivity index (χ1n) is 10.0. The molecule has 0 bridgehead atoms. The number of sulfone groups is 1. The smallest absolute Gasteiger partial charge is 0.274 e. The number of carbonyl (C=O) groups excluding carboxylic acids is 1. The van der Waals surface area contributed by atoms with Crippen molar-refractivity contribution >= 4 is 15.7 Å². The lowest BCUT2D eigenvalue weighted by Crippen LogP contribution is -2.35. The fraction of sp³-hybridized carbons (Fsp3) is 0.524. The lowest BCUT2D eigenvalue weighted by atomic mass is 10.0. The van der Waals surface area contributed by atoms with Crippen LogP contribution in [0, 0.1) is 13.8 Å². The summed E-state index contributed by atoms with van der Waals surface area (Å²) in [7, 11) is -3.05. The number of aromatic nitrogens is 2. The minimum absolute atomic E-state index is 0.0515. The Bertz CT molecular complexity index is 1000. The van der Waals surface area contributed by atoms with Crippen molar-refractivity contribution in [1.29, 1.82) is 0 Å². The Morgan fingerprint density at radius 2 is 1.82 bits per heavy atom. The van der Waals surface area contributed by atoms with Crippen LogP contribution < -0.4 is 0 Å². The number of aryl methyl sites for hydroxylation is 2. The van der Waals surface area contributed by atoms with Gasteiger partial charge >= 0.3 is 0 Å². The number of likely N-dealkylation sites (tertiary alicyclic amines) is 1. The molecule has 0 aliphatic carbocycles. The Morgan fingerprint density at radius 1 is 1.07 bits per heavy atom. The minimum Gasteiger partial charge on any atom is -0.337 e. The van der Waals surface area contributed by atoms with E-state index in [4.69, 9.17) is 0 Å². The molecule has 0 unspecified atom stereocenters. The van der Waals surface area contributed by atoms with Crippen molar-refractivity contribution < 1.29 is 13.2 Å². The van der Waals surface area contributed by atoms with Gasteiger partial charge in [0.2, 0.25) is 0 Å². The van der Waals surface area contributed by atoms with Crippen LogP contribution in [0.1, 0.15) is 53.3 Å². The van der Waals surface area contributed by atoms with Gasteiger partial charge in [-0.15, -0.1) is 0 Å². The van der Waals surface area contributed by atoms with E-state index in [1.165, 1.54) is 5.56 Å². The molecule has 1 amide bonds. The van der Waals surface area contributed by atoms with Crippen molar-refractivity contribution in [2.75, 3.05) is 24.6 Å². The summed E-state index contributed by atoms with van der Waals surface area (Å²) in [5.41, 5.74) is 4.57. The van der Waals surface area contributed by atoms with Crippen LogP contribution in [-0.2, 0) is 9.84 Å². The van der Waals surface area contributed by atoms with Crippen molar-refractivity contribution in [3.05, 3.63) is 41.1 Å². The van der Waals surface area contributed by atoms with Crippen LogP contribution in [0.4, 0.5) is 0 Å². The zero-order valence-electron chi connectivity index (χ0n) is 16.5. The molecule has 28 heavy (non-hydrogen) atoms. The fourth-order valence-corrected chi connectivity index (χ4v) is 5.81. The van der Waals surface area contributed by atoms with Gasteiger partial charge in [-0.2, -0.15) is 5.10 Å². The van der Waals surface area contributed by atoms with Crippen molar-refractivity contribution in [1.82, 2.24) is 14.7 Å². The molecule has 2 saturated heterocycles. The molecule has 4 rings (SSSR count). The highest BCUT2D eigenvalue weighted by atomic mass is 32.2. The molecule has 0 radical (unpaired) electrons. The van der Waals surface area contributed by atoms with Gasteiger partial charge in [0.05, 0.1) is 23.2 Å². The first kappa shape index (κ1) is 19.2. The third-order valence-electron chi connectivity index (χ3n) is 5.96. The Hall–Kier alpha value is -2.15. The van der Waals surface area contributed by atoms with E-state index in [-0.39, 0.29) is 23.5 Å². The summed E-state index contributed by atoms with van der Waals surface area (Å²) in [5.74, 6) is 0.216. The van der Waals surface area contributed by atoms with Crippen LogP contribution in [0.3, 0.4) is 0 Å². The van der Waals surface area contributed by atoms with E-state index in [1.807, 2.05) is 17.0 Å². The average Bonchev–Trinajstić information content (AvgIpc) is 3.27. The number of nitrogens with zero attached hydrogens (tertiary/aromatic N) is 3. The second-order valence-electron chi connectivity index (χ2n) is 8.07. The summed E-state index contributed by atoms with van der Waals surface area (Å²) in [5, 5.41) is 4.62. The highest BCUT2D eigenvalue weighted by molar-refractivity contribution is 7.91. The monoisotopic (exact) mass is 401 g/mol. The quantitative estimate of drug-likeness (QED) is 0.792. The zero-order valence-corrected chi connectivity index (χ0v) is 17.3. The maximum Gasteiger partial charge on any atom is 0.274 e. The van der Waals surface area contributed by atoms with Crippen molar-refractivity contribution in [3.8, 4) is 11.3 Å². The second-order valence-corrected chi connectivity index (χ2v) is 10.3. The van der Waals surface area contributed by atoms with E-state index in [1.54, 1.807) is 4.68 Å². The van der Waals surface area contributed by atoms with Crippen LogP contribution in [0.25, 0.3) is 11.3 Å². The summed E-state index contributed by atoms with van der Waals surface area (Å²) >= 11 is 0. The van der Waals surface area contributed by atoms with E-state index in [2.05, 4.69) is 31.1 Å². The van der Waals surface area contributed by atoms with E-state index < -0.39 is 9.84 Å². The molecule has 3 heterocycles. The zero-order chi connectivity index (χ0) is 19.9. The van der Waals surface area contributed by atoms with Gasteiger partial charge in [0, 0.05) is 18.7 Å². The number of amides is 1. The van der Waals surface area contributed by atoms with Gasteiger partial charge in [0.1, 0.15) is 0 Å². The molecule has 6 nitrogen and oxygen atoms in total. The van der Waals surface area contributed by atoms with E-state index in [0.29, 0.717) is 12.1 Å². The largest absolute Gasteiger partial charge is 0.337 e. The topological polar surface area (TPSA) is 72.3 Å². The average molecular weight is 402 g/mol. The highest BCUT2D eigenvalue weighted by Gasteiger charge is 2.33. The van der Waals surface area contributed by atoms with E-state index in [0.717, 1.165) is 49.2 Å². The SMILES string of the molecule is Cc1ccc(-c2cc(C(=O)N3CCCCC3)nn2[C@@H]2CCS(=O)(=O)C2)cc1C. The van der Waals surface area contributed by atoms with Crippen LogP contribution in [0.15, 0.2) is 24.3 Å². The van der Waals surface area contributed by atoms with E-state index in [9.17, 15) is 13.2 Å². The van der Waals surface area contributed by atoms with Crippen LogP contribution in [0.2, 0.25) is 0 Å². The minimum atomic E-state index is -3.05. The van der Waals surface area contributed by atoms with Gasteiger partial charge in [-0.3, -0.25) is 9.48 Å². The molecule has 7 heteroatoms. The number of hydrogen-bond donors (Lipinski definition) is 0. The van der Waals surface area contributed by atoms with Gasteiger partial charge in [-0.05, 0) is 62.8 Å². The summed E-state index contributed by atoms with van der Waals surface area (Å²) in [4.78, 5) is 14.9. The molecule has 1 aromatic heterocycles. The Labute approximate surface area is 166 Å². The summed E-state index contributed by atoms with van der Waals surface area (Å²) in [6.45, 7) is 5.65. The molecule has 150 valence electrons. The molecular weight excluding hydrogens is 374 g/mol. The summed E-state index contributed by atoms with van der Waals surface area (Å²) in [6.07, 6.45) is 3.75. The molecule has 1 atom stereocenters. The third-order valence-corrected chi connectivity index (χ3v) is 7.71. The van der Waals surface area contributed by atoms with Gasteiger partial charge in [0.25, 0.3) is 5.91 Å². The highest BCUT2D eigenvalue weighted by Crippen LogP contribution is 2.31. The second kappa shape index (κ2) is 7.35. The van der Waals surface area contributed by atoms with Crippen molar-refractivity contribution in [2.45, 2.75) is 45.6 Å². The molecule has 2 aliphatic heterocycles. The maximum absolute atomic E-state index is 13.0. The predicted molar refractivity (Wildman–Crippen MR) is 109 cm³/mol. The molecule has 0 N–H and O–H groups in total. The number of hydrogen-bond acceptors (Lipinski definition) is 4. The van der Waals surface area contributed by atoms with Crippen LogP contribution in [-0.4, -0.2) is 53.6 Å². The molecule has 0 saturated carbocycles. The van der Waals surface area contributed by atoms with Crippen LogP contribution in [0.5, 0.6) is 0 Å².